The van der Waals surface area contributed by atoms with Gasteiger partial charge in [-0.2, -0.15) is 0 Å². The third kappa shape index (κ3) is 6.73. The van der Waals surface area contributed by atoms with Crippen molar-refractivity contribution < 1.29 is 24.1 Å². The van der Waals surface area contributed by atoms with E-state index < -0.39 is 12.3 Å². The van der Waals surface area contributed by atoms with Gasteiger partial charge >= 0.3 is 5.97 Å². The van der Waals surface area contributed by atoms with Crippen molar-refractivity contribution in [2.24, 2.45) is 5.92 Å². The number of rotatable bonds is 10. The highest BCUT2D eigenvalue weighted by atomic mass is 32.2. The van der Waals surface area contributed by atoms with Crippen LogP contribution >= 0.6 is 11.8 Å². The van der Waals surface area contributed by atoms with E-state index in [0.29, 0.717) is 18.3 Å². The minimum atomic E-state index is -0.787. The zero-order chi connectivity index (χ0) is 24.8. The van der Waals surface area contributed by atoms with Crippen molar-refractivity contribution in [1.82, 2.24) is 0 Å². The van der Waals surface area contributed by atoms with Gasteiger partial charge in [0, 0.05) is 22.1 Å². The highest BCUT2D eigenvalue weighted by Gasteiger charge is 2.31. The second-order valence-corrected chi connectivity index (χ2v) is 10.3. The van der Waals surface area contributed by atoms with E-state index >= 15 is 0 Å². The number of benzene rings is 2. The Morgan fingerprint density at radius 2 is 1.97 bits per heavy atom. The molecule has 4 rings (SSSR count). The number of carboxylic acid groups (broad SMARTS) is 1. The lowest BCUT2D eigenvalue weighted by Gasteiger charge is -2.20. The van der Waals surface area contributed by atoms with Gasteiger partial charge in [-0.25, -0.2) is 0 Å². The Hall–Kier alpha value is -3.12. The van der Waals surface area contributed by atoms with Crippen molar-refractivity contribution >= 4 is 17.7 Å². The van der Waals surface area contributed by atoms with Gasteiger partial charge in [-0.3, -0.25) is 4.79 Å². The van der Waals surface area contributed by atoms with Gasteiger partial charge in [0.25, 0.3) is 6.29 Å². The lowest BCUT2D eigenvalue weighted by molar-refractivity contribution is -0.136. The Kier molecular flexibility index (Phi) is 8.24. The molecule has 5 nitrogen and oxygen atoms in total. The second kappa shape index (κ2) is 11.5. The summed E-state index contributed by atoms with van der Waals surface area (Å²) in [6.07, 6.45) is 7.71. The number of aliphatic carboxylic acids is 1. The van der Waals surface area contributed by atoms with Gasteiger partial charge in [-0.15, -0.1) is 11.8 Å². The summed E-state index contributed by atoms with van der Waals surface area (Å²) < 4.78 is 18.3. The molecule has 0 amide bonds. The molecule has 184 valence electrons. The fourth-order valence-electron chi connectivity index (χ4n) is 4.17. The number of allylic oxidation sites excluding steroid dienone is 2. The van der Waals surface area contributed by atoms with Crippen molar-refractivity contribution in [2.45, 2.75) is 56.5 Å². The summed E-state index contributed by atoms with van der Waals surface area (Å²) in [6.45, 7) is 6.44. The summed E-state index contributed by atoms with van der Waals surface area (Å²) >= 11 is 1.86. The average Bonchev–Trinajstić information content (AvgIpc) is 3.24. The van der Waals surface area contributed by atoms with Crippen molar-refractivity contribution in [3.63, 3.8) is 0 Å². The second-order valence-electron chi connectivity index (χ2n) is 8.95. The average molecular weight is 493 g/mol. The van der Waals surface area contributed by atoms with Gasteiger partial charge in [0.1, 0.15) is 17.3 Å². The molecule has 0 bridgehead atoms. The fraction of sp³-hybridized carbons (Fsp3) is 0.345. The van der Waals surface area contributed by atoms with E-state index in [1.165, 1.54) is 4.90 Å². The van der Waals surface area contributed by atoms with Gasteiger partial charge < -0.3 is 19.3 Å². The van der Waals surface area contributed by atoms with Crippen LogP contribution in [0.2, 0.25) is 0 Å². The number of hydrogen-bond donors (Lipinski definition) is 1. The topological polar surface area (TPSA) is 65.0 Å². The highest BCUT2D eigenvalue weighted by molar-refractivity contribution is 8.00. The minimum absolute atomic E-state index is 0.0292. The fourth-order valence-corrected chi connectivity index (χ4v) is 5.18. The van der Waals surface area contributed by atoms with E-state index in [-0.39, 0.29) is 12.3 Å². The Balaban J connectivity index is 1.27. The summed E-state index contributed by atoms with van der Waals surface area (Å²) in [6, 6.07) is 16.2. The van der Waals surface area contributed by atoms with E-state index in [4.69, 9.17) is 19.3 Å². The molecule has 3 atom stereocenters. The molecule has 35 heavy (non-hydrogen) atoms. The molecule has 2 aromatic rings. The summed E-state index contributed by atoms with van der Waals surface area (Å²) in [7, 11) is 0. The van der Waals surface area contributed by atoms with E-state index in [2.05, 4.69) is 49.4 Å². The van der Waals surface area contributed by atoms with Crippen LogP contribution in [0.3, 0.4) is 0 Å². The van der Waals surface area contributed by atoms with Crippen molar-refractivity contribution in [2.75, 3.05) is 6.61 Å². The standard InChI is InChI=1S/C29H32O5S/c1-19-17-24(13-9-22(19)12-16-27(30)31)32-18-20(2)28-21(3)33-29(34-28)23-10-14-26(15-11-23)35-25-7-5-4-6-8-25/h4-11,13-14,17,20,26,29H,12,15-16,18H2,1-3H3,(H,30,31). The molecule has 1 aliphatic carbocycles. The molecule has 0 fully saturated rings. The summed E-state index contributed by atoms with van der Waals surface area (Å²) in [5.74, 6) is 1.62. The molecule has 0 aromatic heterocycles. The minimum Gasteiger partial charge on any atom is -0.493 e. The Bertz CT molecular complexity index is 1140. The van der Waals surface area contributed by atoms with Crippen LogP contribution in [0.25, 0.3) is 0 Å². The Labute approximate surface area is 211 Å². The number of ether oxygens (including phenoxy) is 3. The number of aryl methyl sites for hydroxylation is 2. The molecule has 1 N–H and O–H groups in total. The van der Waals surface area contributed by atoms with Crippen LogP contribution in [0.4, 0.5) is 0 Å². The molecule has 2 aliphatic rings. The largest absolute Gasteiger partial charge is 0.493 e. The number of hydrogen-bond acceptors (Lipinski definition) is 5. The van der Waals surface area contributed by atoms with E-state index in [1.807, 2.05) is 49.9 Å². The monoisotopic (exact) mass is 492 g/mol. The lowest BCUT2D eigenvalue weighted by Crippen LogP contribution is -2.17. The molecule has 0 saturated carbocycles. The van der Waals surface area contributed by atoms with Gasteiger partial charge in [-0.1, -0.05) is 49.4 Å². The SMILES string of the molecule is CC1=C(C(C)COc2ccc(CCC(=O)O)c(C)c2)OC(C2=CCC(Sc3ccccc3)C=C2)O1. The molecular formula is C29H32O5S. The van der Waals surface area contributed by atoms with Crippen LogP contribution in [0.1, 0.15) is 37.8 Å². The molecule has 6 heteroatoms. The number of carboxylic acids is 1. The summed E-state index contributed by atoms with van der Waals surface area (Å²) in [5, 5.41) is 9.30. The van der Waals surface area contributed by atoms with Crippen LogP contribution in [0, 0.1) is 12.8 Å². The highest BCUT2D eigenvalue weighted by Crippen LogP contribution is 2.35. The maximum Gasteiger partial charge on any atom is 0.303 e. The predicted octanol–water partition coefficient (Wildman–Crippen LogP) is 6.68. The normalized spacial score (nSPS) is 20.1. The number of carbonyl (C=O) groups is 1. The summed E-state index contributed by atoms with van der Waals surface area (Å²) in [5.41, 5.74) is 3.11. The van der Waals surface area contributed by atoms with Crippen LogP contribution in [-0.4, -0.2) is 29.2 Å². The molecule has 1 aliphatic heterocycles. The van der Waals surface area contributed by atoms with Gasteiger partial charge in [0.2, 0.25) is 0 Å². The van der Waals surface area contributed by atoms with Crippen molar-refractivity contribution in [3.8, 4) is 5.75 Å². The van der Waals surface area contributed by atoms with Gasteiger partial charge in [0.05, 0.1) is 12.5 Å². The van der Waals surface area contributed by atoms with Gasteiger partial charge in [-0.05, 0) is 62.1 Å². The van der Waals surface area contributed by atoms with Crippen molar-refractivity contribution in [3.05, 3.63) is 95.0 Å². The van der Waals surface area contributed by atoms with Crippen LogP contribution in [0.5, 0.6) is 5.75 Å². The molecule has 3 unspecified atom stereocenters. The molecule has 0 radical (unpaired) electrons. The van der Waals surface area contributed by atoms with E-state index in [1.54, 1.807) is 0 Å². The molecule has 1 heterocycles. The van der Waals surface area contributed by atoms with Crippen molar-refractivity contribution in [1.29, 1.82) is 0 Å². The zero-order valence-electron chi connectivity index (χ0n) is 20.4. The quantitative estimate of drug-likeness (QED) is 0.399. The number of thioether (sulfide) groups is 1. The maximum absolute atomic E-state index is 10.8. The molecule has 0 spiro atoms. The molecule has 2 aromatic carbocycles. The Morgan fingerprint density at radius 3 is 2.66 bits per heavy atom. The molecule has 0 saturated heterocycles. The van der Waals surface area contributed by atoms with E-state index in [9.17, 15) is 4.79 Å². The third-order valence-corrected chi connectivity index (χ3v) is 7.32. The maximum atomic E-state index is 10.8. The summed E-state index contributed by atoms with van der Waals surface area (Å²) in [4.78, 5) is 12.1. The van der Waals surface area contributed by atoms with Crippen LogP contribution < -0.4 is 4.74 Å². The first-order valence-electron chi connectivity index (χ1n) is 12.0. The molecular weight excluding hydrogens is 460 g/mol. The van der Waals surface area contributed by atoms with Crippen LogP contribution in [-0.2, 0) is 20.7 Å². The van der Waals surface area contributed by atoms with Crippen LogP contribution in [0.15, 0.2) is 88.7 Å². The first-order chi connectivity index (χ1) is 16.9. The first kappa shape index (κ1) is 25.0. The van der Waals surface area contributed by atoms with E-state index in [0.717, 1.165) is 40.4 Å². The lowest BCUT2D eigenvalue weighted by atomic mass is 10.0. The Morgan fingerprint density at radius 1 is 1.17 bits per heavy atom. The first-order valence-corrected chi connectivity index (χ1v) is 12.8. The zero-order valence-corrected chi connectivity index (χ0v) is 21.2. The smallest absolute Gasteiger partial charge is 0.303 e. The third-order valence-electron chi connectivity index (χ3n) is 6.13. The van der Waals surface area contributed by atoms with Gasteiger partial charge in [0.15, 0.2) is 0 Å². The predicted molar refractivity (Wildman–Crippen MR) is 138 cm³/mol.